The van der Waals surface area contributed by atoms with Crippen molar-refractivity contribution in [2.24, 2.45) is 0 Å². The van der Waals surface area contributed by atoms with Crippen molar-refractivity contribution < 1.29 is 9.53 Å². The lowest BCUT2D eigenvalue weighted by atomic mass is 9.78. The first-order valence-electron chi connectivity index (χ1n) is 7.34. The first-order valence-corrected chi connectivity index (χ1v) is 7.34. The summed E-state index contributed by atoms with van der Waals surface area (Å²) in [6, 6.07) is 0. The summed E-state index contributed by atoms with van der Waals surface area (Å²) in [5.74, 6) is -0.219. The van der Waals surface area contributed by atoms with Crippen LogP contribution in [-0.2, 0) is 9.53 Å². The van der Waals surface area contributed by atoms with Gasteiger partial charge in [0.25, 0.3) is 0 Å². The van der Waals surface area contributed by atoms with Crippen LogP contribution in [0.4, 0.5) is 0 Å². The third-order valence-electron chi connectivity index (χ3n) is 3.95. The molecule has 0 radical (unpaired) electrons. The fourth-order valence-corrected chi connectivity index (χ4v) is 3.48. The van der Waals surface area contributed by atoms with Gasteiger partial charge >= 0.3 is 5.97 Å². The number of esters is 1. The molecule has 19 heavy (non-hydrogen) atoms. The molecule has 0 aliphatic carbocycles. The van der Waals surface area contributed by atoms with Crippen LogP contribution in [0.2, 0.25) is 0 Å². The van der Waals surface area contributed by atoms with Gasteiger partial charge in [-0.1, -0.05) is 13.0 Å². The van der Waals surface area contributed by atoms with E-state index in [9.17, 15) is 4.79 Å². The van der Waals surface area contributed by atoms with Gasteiger partial charge in [-0.2, -0.15) is 0 Å². The van der Waals surface area contributed by atoms with Crippen molar-refractivity contribution in [2.75, 3.05) is 6.54 Å². The number of allylic oxidation sites excluding steroid dienone is 1. The average Bonchev–Trinajstić information content (AvgIpc) is 2.22. The third-order valence-corrected chi connectivity index (χ3v) is 3.95. The van der Waals surface area contributed by atoms with Gasteiger partial charge in [-0.25, -0.2) is 4.79 Å². The standard InChI is InChI=1S/C16H29NO2/c1-7-9-14(18)19-13-11-15(3,4)17(10-8-2)16(5,6)12-13/h7,9,13H,8,10-12H2,1-6H3/b9-7+. The lowest BCUT2D eigenvalue weighted by Gasteiger charge is -2.55. The summed E-state index contributed by atoms with van der Waals surface area (Å²) in [6.07, 6.45) is 6.19. The molecule has 1 fully saturated rings. The molecule has 0 aromatic heterocycles. The van der Waals surface area contributed by atoms with Gasteiger partial charge in [-0.3, -0.25) is 4.90 Å². The van der Waals surface area contributed by atoms with E-state index < -0.39 is 0 Å². The monoisotopic (exact) mass is 267 g/mol. The third kappa shape index (κ3) is 4.07. The van der Waals surface area contributed by atoms with Crippen molar-refractivity contribution in [3.63, 3.8) is 0 Å². The quantitative estimate of drug-likeness (QED) is 0.576. The number of likely N-dealkylation sites (tertiary alicyclic amines) is 1. The van der Waals surface area contributed by atoms with Crippen LogP contribution in [0.1, 0.15) is 60.8 Å². The van der Waals surface area contributed by atoms with Crippen LogP contribution in [0.3, 0.4) is 0 Å². The van der Waals surface area contributed by atoms with Crippen LogP contribution >= 0.6 is 0 Å². The fraction of sp³-hybridized carbons (Fsp3) is 0.812. The maximum atomic E-state index is 11.6. The molecular weight excluding hydrogens is 238 g/mol. The number of ether oxygens (including phenoxy) is 1. The van der Waals surface area contributed by atoms with Gasteiger partial charge in [0.05, 0.1) is 0 Å². The van der Waals surface area contributed by atoms with Gasteiger partial charge in [0, 0.05) is 30.0 Å². The van der Waals surface area contributed by atoms with Crippen LogP contribution in [0.25, 0.3) is 0 Å². The highest BCUT2D eigenvalue weighted by Crippen LogP contribution is 2.39. The Balaban J connectivity index is 2.80. The summed E-state index contributed by atoms with van der Waals surface area (Å²) < 4.78 is 5.58. The number of piperidine rings is 1. The molecule has 0 amide bonds. The first kappa shape index (κ1) is 16.2. The van der Waals surface area contributed by atoms with E-state index in [1.54, 1.807) is 6.08 Å². The molecule has 0 atom stereocenters. The van der Waals surface area contributed by atoms with Crippen molar-refractivity contribution in [1.82, 2.24) is 4.90 Å². The largest absolute Gasteiger partial charge is 0.459 e. The number of carbonyl (C=O) groups is 1. The number of hydrogen-bond acceptors (Lipinski definition) is 3. The molecule has 0 aromatic rings. The molecule has 0 saturated carbocycles. The molecule has 1 aliphatic rings. The maximum absolute atomic E-state index is 11.6. The summed E-state index contributed by atoms with van der Waals surface area (Å²) in [5.41, 5.74) is 0.136. The van der Waals surface area contributed by atoms with Crippen LogP contribution in [0.15, 0.2) is 12.2 Å². The molecule has 0 spiro atoms. The summed E-state index contributed by atoms with van der Waals surface area (Å²) in [4.78, 5) is 14.2. The van der Waals surface area contributed by atoms with Crippen LogP contribution < -0.4 is 0 Å². The zero-order valence-electron chi connectivity index (χ0n) is 13.3. The average molecular weight is 267 g/mol. The zero-order valence-corrected chi connectivity index (χ0v) is 13.3. The van der Waals surface area contributed by atoms with Crippen molar-refractivity contribution in [3.05, 3.63) is 12.2 Å². The molecule has 1 saturated heterocycles. The van der Waals surface area contributed by atoms with Crippen molar-refractivity contribution >= 4 is 5.97 Å². The molecule has 0 unspecified atom stereocenters. The second-order valence-corrected chi connectivity index (χ2v) is 6.74. The lowest BCUT2D eigenvalue weighted by molar-refractivity contribution is -0.154. The molecule has 1 aliphatic heterocycles. The minimum Gasteiger partial charge on any atom is -0.459 e. The van der Waals surface area contributed by atoms with E-state index in [4.69, 9.17) is 4.74 Å². The van der Waals surface area contributed by atoms with E-state index in [2.05, 4.69) is 39.5 Å². The Morgan fingerprint density at radius 2 is 1.79 bits per heavy atom. The normalized spacial score (nSPS) is 23.7. The molecule has 110 valence electrons. The highest BCUT2D eigenvalue weighted by atomic mass is 16.5. The second-order valence-electron chi connectivity index (χ2n) is 6.74. The molecule has 3 heteroatoms. The molecular formula is C16H29NO2. The predicted octanol–water partition coefficient (Wildman–Crippen LogP) is 3.54. The topological polar surface area (TPSA) is 29.5 Å². The Hall–Kier alpha value is -0.830. The minimum atomic E-state index is -0.219. The smallest absolute Gasteiger partial charge is 0.330 e. The van der Waals surface area contributed by atoms with E-state index in [0.717, 1.165) is 25.8 Å². The molecule has 1 rings (SSSR count). The van der Waals surface area contributed by atoms with Crippen molar-refractivity contribution in [1.29, 1.82) is 0 Å². The summed E-state index contributed by atoms with van der Waals surface area (Å²) in [5, 5.41) is 0. The summed E-state index contributed by atoms with van der Waals surface area (Å²) in [6.45, 7) is 14.1. The highest BCUT2D eigenvalue weighted by molar-refractivity contribution is 5.81. The van der Waals surface area contributed by atoms with Crippen LogP contribution in [0.5, 0.6) is 0 Å². The van der Waals surface area contributed by atoms with Gasteiger partial charge in [0.2, 0.25) is 0 Å². The van der Waals surface area contributed by atoms with Gasteiger partial charge in [0.15, 0.2) is 0 Å². The molecule has 0 N–H and O–H groups in total. The molecule has 0 bridgehead atoms. The van der Waals surface area contributed by atoms with Crippen molar-refractivity contribution in [2.45, 2.75) is 78.0 Å². The number of rotatable bonds is 4. The van der Waals surface area contributed by atoms with E-state index in [1.807, 2.05) is 6.92 Å². The van der Waals surface area contributed by atoms with E-state index in [0.29, 0.717) is 0 Å². The zero-order chi connectivity index (χ0) is 14.7. The highest BCUT2D eigenvalue weighted by Gasteiger charge is 2.45. The molecule has 3 nitrogen and oxygen atoms in total. The number of carbonyl (C=O) groups excluding carboxylic acids is 1. The van der Waals surface area contributed by atoms with Gasteiger partial charge < -0.3 is 4.74 Å². The second kappa shape index (κ2) is 6.08. The SMILES string of the molecule is C/C=C/C(=O)OC1CC(C)(C)N(CCC)C(C)(C)C1. The molecule has 1 heterocycles. The predicted molar refractivity (Wildman–Crippen MR) is 79.1 cm³/mol. The van der Waals surface area contributed by atoms with E-state index >= 15 is 0 Å². The Morgan fingerprint density at radius 3 is 2.21 bits per heavy atom. The summed E-state index contributed by atoms with van der Waals surface area (Å²) in [7, 11) is 0. The summed E-state index contributed by atoms with van der Waals surface area (Å²) >= 11 is 0. The Morgan fingerprint density at radius 1 is 1.26 bits per heavy atom. The first-order chi connectivity index (χ1) is 8.73. The van der Waals surface area contributed by atoms with Crippen molar-refractivity contribution in [3.8, 4) is 0 Å². The van der Waals surface area contributed by atoms with Gasteiger partial charge in [-0.15, -0.1) is 0 Å². The van der Waals surface area contributed by atoms with Gasteiger partial charge in [0.1, 0.15) is 6.10 Å². The lowest BCUT2D eigenvalue weighted by Crippen LogP contribution is -2.62. The fourth-order valence-electron chi connectivity index (χ4n) is 3.48. The minimum absolute atomic E-state index is 0.0156. The van der Waals surface area contributed by atoms with Gasteiger partial charge in [-0.05, 0) is 47.6 Å². The Labute approximate surface area is 118 Å². The number of hydrogen-bond donors (Lipinski definition) is 0. The Bertz CT molecular complexity index is 327. The maximum Gasteiger partial charge on any atom is 0.330 e. The van der Waals surface area contributed by atoms with Crippen LogP contribution in [-0.4, -0.2) is 34.6 Å². The van der Waals surface area contributed by atoms with Crippen LogP contribution in [0, 0.1) is 0 Å². The Kier molecular flexibility index (Phi) is 5.19. The van der Waals surface area contributed by atoms with E-state index in [-0.39, 0.29) is 23.2 Å². The molecule has 0 aromatic carbocycles. The number of nitrogens with zero attached hydrogens (tertiary/aromatic N) is 1. The van der Waals surface area contributed by atoms with E-state index in [1.165, 1.54) is 6.08 Å².